The summed E-state index contributed by atoms with van der Waals surface area (Å²) >= 11 is 5.94. The first-order valence-electron chi connectivity index (χ1n) is 9.13. The molecule has 28 heavy (non-hydrogen) atoms. The summed E-state index contributed by atoms with van der Waals surface area (Å²) in [6, 6.07) is 13.3. The molecule has 7 heteroatoms. The van der Waals surface area contributed by atoms with Gasteiger partial charge >= 0.3 is 0 Å². The van der Waals surface area contributed by atoms with E-state index in [1.54, 1.807) is 48.5 Å². The first-order valence-corrected chi connectivity index (χ1v) is 9.51. The number of nitrogens with one attached hydrogen (secondary N) is 2. The lowest BCUT2D eigenvalue weighted by atomic mass is 9.78. The number of carbonyl (C=O) groups is 3. The van der Waals surface area contributed by atoms with Crippen molar-refractivity contribution in [3.8, 4) is 0 Å². The van der Waals surface area contributed by atoms with Crippen LogP contribution in [0.3, 0.4) is 0 Å². The molecular formula is C21H20ClN2O4-. The molecule has 2 aromatic carbocycles. The van der Waals surface area contributed by atoms with Crippen LogP contribution >= 0.6 is 11.6 Å². The molecule has 2 N–H and O–H groups in total. The lowest BCUT2D eigenvalue weighted by Gasteiger charge is -2.31. The fourth-order valence-corrected chi connectivity index (χ4v) is 3.70. The Bertz CT molecular complexity index is 899. The number of amides is 2. The van der Waals surface area contributed by atoms with Gasteiger partial charge in [0, 0.05) is 28.5 Å². The topological polar surface area (TPSA) is 98.3 Å². The standard InChI is InChI=1S/C21H21ClN2O4/c22-13-6-5-7-14(12-13)23-20(26)17-10-3-4-11-18(17)24-19(25)15-8-1-2-9-16(15)21(27)28/h3-7,10-12,15-16H,1-2,8-9H2,(H,23,26)(H,24,25)(H,27,28)/p-1/t15-,16-/m1/s1. The molecule has 146 valence electrons. The van der Waals surface area contributed by atoms with E-state index in [0.717, 1.165) is 12.8 Å². The second-order valence-electron chi connectivity index (χ2n) is 6.82. The van der Waals surface area contributed by atoms with E-state index in [2.05, 4.69) is 10.6 Å². The Hall–Kier alpha value is -2.86. The van der Waals surface area contributed by atoms with Gasteiger partial charge in [0.05, 0.1) is 11.3 Å². The molecule has 2 aromatic rings. The van der Waals surface area contributed by atoms with Gasteiger partial charge in [-0.25, -0.2) is 0 Å². The van der Waals surface area contributed by atoms with Gasteiger partial charge in [-0.05, 0) is 43.2 Å². The summed E-state index contributed by atoms with van der Waals surface area (Å²) in [7, 11) is 0. The van der Waals surface area contributed by atoms with Gasteiger partial charge in [0.25, 0.3) is 5.91 Å². The average Bonchev–Trinajstić information content (AvgIpc) is 2.68. The summed E-state index contributed by atoms with van der Waals surface area (Å²) in [6.07, 6.45) is 2.47. The van der Waals surface area contributed by atoms with Crippen LogP contribution in [0.2, 0.25) is 5.02 Å². The minimum atomic E-state index is -1.20. The predicted molar refractivity (Wildman–Crippen MR) is 105 cm³/mol. The van der Waals surface area contributed by atoms with Crippen LogP contribution in [0.4, 0.5) is 11.4 Å². The van der Waals surface area contributed by atoms with Gasteiger partial charge in [0.15, 0.2) is 0 Å². The number of aliphatic carboxylic acids is 1. The Morgan fingerprint density at radius 1 is 0.929 bits per heavy atom. The van der Waals surface area contributed by atoms with Gasteiger partial charge < -0.3 is 20.5 Å². The second kappa shape index (κ2) is 8.89. The predicted octanol–water partition coefficient (Wildman–Crippen LogP) is 3.09. The summed E-state index contributed by atoms with van der Waals surface area (Å²) < 4.78 is 0. The Balaban J connectivity index is 1.77. The maximum atomic E-state index is 12.7. The van der Waals surface area contributed by atoms with E-state index in [9.17, 15) is 19.5 Å². The first-order chi connectivity index (χ1) is 13.5. The fourth-order valence-electron chi connectivity index (χ4n) is 3.51. The number of carbonyl (C=O) groups excluding carboxylic acids is 3. The van der Waals surface area contributed by atoms with Gasteiger partial charge in [-0.3, -0.25) is 9.59 Å². The minimum Gasteiger partial charge on any atom is -0.550 e. The molecule has 0 spiro atoms. The largest absolute Gasteiger partial charge is 0.550 e. The average molecular weight is 400 g/mol. The van der Waals surface area contributed by atoms with Crippen LogP contribution in [0.1, 0.15) is 36.0 Å². The molecule has 0 radical (unpaired) electrons. The van der Waals surface area contributed by atoms with E-state index in [-0.39, 0.29) is 5.56 Å². The molecule has 0 heterocycles. The molecule has 0 aliphatic heterocycles. The van der Waals surface area contributed by atoms with Crippen molar-refractivity contribution in [3.63, 3.8) is 0 Å². The summed E-state index contributed by atoms with van der Waals surface area (Å²) in [5.41, 5.74) is 1.13. The Morgan fingerprint density at radius 2 is 1.64 bits per heavy atom. The zero-order chi connectivity index (χ0) is 20.1. The van der Waals surface area contributed by atoms with E-state index in [0.29, 0.717) is 29.2 Å². The second-order valence-corrected chi connectivity index (χ2v) is 7.25. The number of halogens is 1. The molecule has 3 rings (SSSR count). The van der Waals surface area contributed by atoms with Crippen molar-refractivity contribution in [2.45, 2.75) is 25.7 Å². The van der Waals surface area contributed by atoms with Crippen molar-refractivity contribution in [3.05, 3.63) is 59.1 Å². The molecule has 2 atom stereocenters. The monoisotopic (exact) mass is 399 g/mol. The fraction of sp³-hybridized carbons (Fsp3) is 0.286. The molecule has 0 aromatic heterocycles. The Kier molecular flexibility index (Phi) is 6.31. The quantitative estimate of drug-likeness (QED) is 0.807. The summed E-state index contributed by atoms with van der Waals surface area (Å²) in [5.74, 6) is -3.48. The SMILES string of the molecule is O=C(Nc1cccc(Cl)c1)c1ccccc1NC(=O)[C@@H]1CCCC[C@H]1C(=O)[O-]. The Morgan fingerprint density at radius 3 is 2.36 bits per heavy atom. The van der Waals surface area contributed by atoms with E-state index < -0.39 is 29.6 Å². The maximum Gasteiger partial charge on any atom is 0.257 e. The normalized spacial score (nSPS) is 18.9. The van der Waals surface area contributed by atoms with Crippen LogP contribution in [-0.4, -0.2) is 17.8 Å². The van der Waals surface area contributed by atoms with Crippen LogP contribution in [-0.2, 0) is 9.59 Å². The molecule has 0 unspecified atom stereocenters. The molecule has 1 aliphatic carbocycles. The zero-order valence-electron chi connectivity index (χ0n) is 15.1. The van der Waals surface area contributed by atoms with Gasteiger partial charge in [0.2, 0.25) is 5.91 Å². The third-order valence-electron chi connectivity index (χ3n) is 4.92. The number of hydrogen-bond acceptors (Lipinski definition) is 4. The van der Waals surface area contributed by atoms with Crippen LogP contribution in [0, 0.1) is 11.8 Å². The third kappa shape index (κ3) is 4.70. The van der Waals surface area contributed by atoms with Crippen LogP contribution in [0.5, 0.6) is 0 Å². The zero-order valence-corrected chi connectivity index (χ0v) is 15.9. The molecule has 0 saturated heterocycles. The van der Waals surface area contributed by atoms with Gasteiger partial charge in [-0.15, -0.1) is 0 Å². The maximum absolute atomic E-state index is 12.7. The van der Waals surface area contributed by atoms with Gasteiger partial charge in [0.1, 0.15) is 0 Å². The van der Waals surface area contributed by atoms with Crippen LogP contribution in [0.25, 0.3) is 0 Å². The molecule has 1 fully saturated rings. The molecular weight excluding hydrogens is 380 g/mol. The molecule has 1 saturated carbocycles. The lowest BCUT2D eigenvalue weighted by Crippen LogP contribution is -2.42. The van der Waals surface area contributed by atoms with Crippen molar-refractivity contribution < 1.29 is 19.5 Å². The highest BCUT2D eigenvalue weighted by Gasteiger charge is 2.32. The highest BCUT2D eigenvalue weighted by atomic mass is 35.5. The number of benzene rings is 2. The number of hydrogen-bond donors (Lipinski definition) is 2. The number of anilines is 2. The smallest absolute Gasteiger partial charge is 0.257 e. The van der Waals surface area contributed by atoms with E-state index in [4.69, 9.17) is 11.6 Å². The third-order valence-corrected chi connectivity index (χ3v) is 5.15. The lowest BCUT2D eigenvalue weighted by molar-refractivity contribution is -0.313. The van der Waals surface area contributed by atoms with Crippen molar-refractivity contribution in [1.82, 2.24) is 0 Å². The van der Waals surface area contributed by atoms with Gasteiger partial charge in [-0.1, -0.05) is 42.6 Å². The van der Waals surface area contributed by atoms with E-state index in [1.165, 1.54) is 0 Å². The summed E-state index contributed by atoms with van der Waals surface area (Å²) in [5, 5.41) is 17.3. The van der Waals surface area contributed by atoms with E-state index in [1.807, 2.05) is 0 Å². The number of carboxylic acid groups (broad SMARTS) is 1. The number of para-hydroxylation sites is 1. The molecule has 6 nitrogen and oxygen atoms in total. The number of carboxylic acids is 1. The molecule has 2 amide bonds. The highest BCUT2D eigenvalue weighted by Crippen LogP contribution is 2.31. The van der Waals surface area contributed by atoms with Crippen LogP contribution in [0.15, 0.2) is 48.5 Å². The first kappa shape index (κ1) is 19.9. The summed E-state index contributed by atoms with van der Waals surface area (Å²) in [4.78, 5) is 36.7. The number of rotatable bonds is 5. The molecule has 0 bridgehead atoms. The Labute approximate surface area is 167 Å². The van der Waals surface area contributed by atoms with Gasteiger partial charge in [-0.2, -0.15) is 0 Å². The van der Waals surface area contributed by atoms with E-state index >= 15 is 0 Å². The van der Waals surface area contributed by atoms with Crippen molar-refractivity contribution in [2.75, 3.05) is 10.6 Å². The van der Waals surface area contributed by atoms with Crippen LogP contribution < -0.4 is 15.7 Å². The van der Waals surface area contributed by atoms with Crippen molar-refractivity contribution in [1.29, 1.82) is 0 Å². The molecule has 1 aliphatic rings. The highest BCUT2D eigenvalue weighted by molar-refractivity contribution is 6.31. The van der Waals surface area contributed by atoms with Crippen molar-refractivity contribution >= 4 is 40.8 Å². The van der Waals surface area contributed by atoms with Crippen molar-refractivity contribution in [2.24, 2.45) is 11.8 Å². The minimum absolute atomic E-state index is 0.275. The summed E-state index contributed by atoms with van der Waals surface area (Å²) in [6.45, 7) is 0.